The Labute approximate surface area is 207 Å². The average Bonchev–Trinajstić information content (AvgIpc) is 2.45. The molecule has 0 heterocycles. The van der Waals surface area contributed by atoms with Crippen LogP contribution in [0.4, 0.5) is 0 Å². The van der Waals surface area contributed by atoms with Crippen LogP contribution in [0.5, 0.6) is 0 Å². The Morgan fingerprint density at radius 3 is 1.44 bits per heavy atom. The summed E-state index contributed by atoms with van der Waals surface area (Å²) in [4.78, 5) is 21.1. The number of hydrogen-bond donors (Lipinski definition) is 2. The van der Waals surface area contributed by atoms with E-state index in [1.807, 2.05) is 0 Å². The van der Waals surface area contributed by atoms with Crippen molar-refractivity contribution in [3.63, 3.8) is 0 Å². The molecule has 0 aliphatic rings. The molecule has 11 heteroatoms. The van der Waals surface area contributed by atoms with Crippen LogP contribution in [0.3, 0.4) is 0 Å². The molecule has 1 atom stereocenters. The largest absolute Gasteiger partial charge is 1.00 e. The summed E-state index contributed by atoms with van der Waals surface area (Å²) in [6, 6.07) is 0. The van der Waals surface area contributed by atoms with E-state index >= 15 is 0 Å². The van der Waals surface area contributed by atoms with Crippen molar-refractivity contribution in [2.24, 2.45) is 5.92 Å². The molecule has 0 aromatic heterocycles. The zero-order valence-electron chi connectivity index (χ0n) is 16.8. The number of carboxylic acids is 2. The molecule has 0 fully saturated rings. The second kappa shape index (κ2) is 23.1. The first-order valence-electron chi connectivity index (χ1n) is 8.68. The summed E-state index contributed by atoms with van der Waals surface area (Å²) in [5.41, 5.74) is 0. The molecule has 0 spiro atoms. The monoisotopic (exact) mass is 428 g/mol. The molecule has 27 heavy (non-hydrogen) atoms. The summed E-state index contributed by atoms with van der Waals surface area (Å²) in [5.74, 6) is -3.48. The van der Waals surface area contributed by atoms with Gasteiger partial charge in [-0.15, -0.1) is 0 Å². The molecule has 0 aromatic rings. The van der Waals surface area contributed by atoms with Gasteiger partial charge < -0.3 is 19.8 Å². The molecule has 0 aromatic carbocycles. The van der Waals surface area contributed by atoms with E-state index in [4.69, 9.17) is 17.5 Å². The molecular weight excluding hydrogens is 398 g/mol. The number of aliphatic carboxylic acids is 2. The first-order valence-corrected chi connectivity index (χ1v) is 10.1. The first-order chi connectivity index (χ1) is 11.6. The van der Waals surface area contributed by atoms with Crippen LogP contribution >= 0.6 is 0 Å². The van der Waals surface area contributed by atoms with Crippen molar-refractivity contribution in [2.45, 2.75) is 84.0 Å². The van der Waals surface area contributed by atoms with Crippen molar-refractivity contribution in [1.82, 2.24) is 0 Å². The molecule has 0 saturated carbocycles. The van der Waals surface area contributed by atoms with Crippen molar-refractivity contribution in [3.8, 4) is 0 Å². The van der Waals surface area contributed by atoms with Crippen molar-refractivity contribution >= 4 is 22.3 Å². The minimum Gasteiger partial charge on any atom is -0.550 e. The van der Waals surface area contributed by atoms with E-state index in [2.05, 4.69) is 6.92 Å². The van der Waals surface area contributed by atoms with Crippen molar-refractivity contribution in [3.05, 3.63) is 0 Å². The normalized spacial score (nSPS) is 11.2. The molecule has 0 amide bonds. The molecule has 0 rings (SSSR count). The van der Waals surface area contributed by atoms with E-state index in [0.717, 1.165) is 19.3 Å². The van der Waals surface area contributed by atoms with Gasteiger partial charge in [-0.3, -0.25) is 9.11 Å². The van der Waals surface area contributed by atoms with Crippen molar-refractivity contribution < 1.29 is 96.4 Å². The fraction of sp³-hybridized carbons (Fsp3) is 0.875. The third-order valence-corrected chi connectivity index (χ3v) is 3.65. The van der Waals surface area contributed by atoms with Crippen LogP contribution in [0, 0.1) is 5.92 Å². The van der Waals surface area contributed by atoms with Crippen LogP contribution in [0.15, 0.2) is 0 Å². The zero-order chi connectivity index (χ0) is 19.7. The van der Waals surface area contributed by atoms with Gasteiger partial charge in [-0.1, -0.05) is 71.1 Å². The Morgan fingerprint density at radius 2 is 1.15 bits per heavy atom. The van der Waals surface area contributed by atoms with Gasteiger partial charge in [-0.2, -0.15) is 8.42 Å². The Kier molecular flexibility index (Phi) is 30.2. The van der Waals surface area contributed by atoms with Gasteiger partial charge in [0, 0.05) is 17.9 Å². The fourth-order valence-corrected chi connectivity index (χ4v) is 2.38. The maximum Gasteiger partial charge on any atom is 1.00 e. The molecule has 0 bridgehead atoms. The van der Waals surface area contributed by atoms with Crippen LogP contribution in [-0.2, 0) is 20.0 Å². The van der Waals surface area contributed by atoms with Crippen molar-refractivity contribution in [1.29, 1.82) is 0 Å². The number of carboxylic acid groups (broad SMARTS) is 2. The predicted octanol–water partition coefficient (Wildman–Crippen LogP) is -4.84. The van der Waals surface area contributed by atoms with Crippen LogP contribution < -0.4 is 69.3 Å². The van der Waals surface area contributed by atoms with Gasteiger partial charge in [0.25, 0.3) is 0 Å². The second-order valence-electron chi connectivity index (χ2n) is 6.01. The fourth-order valence-electron chi connectivity index (χ4n) is 2.38. The molecule has 0 radical (unpaired) electrons. The molecule has 0 aliphatic carbocycles. The van der Waals surface area contributed by atoms with Gasteiger partial charge in [0.2, 0.25) is 0 Å². The molecule has 8 nitrogen and oxygen atoms in total. The third-order valence-electron chi connectivity index (χ3n) is 3.65. The van der Waals surface area contributed by atoms with Gasteiger partial charge in [0.15, 0.2) is 0 Å². The summed E-state index contributed by atoms with van der Waals surface area (Å²) < 4.78 is 31.6. The van der Waals surface area contributed by atoms with E-state index in [-0.39, 0.29) is 59.1 Å². The quantitative estimate of drug-likeness (QED) is 0.159. The third kappa shape index (κ3) is 38.1. The number of carbonyl (C=O) groups excluding carboxylic acids is 2. The van der Waals surface area contributed by atoms with Gasteiger partial charge in [-0.25, -0.2) is 0 Å². The van der Waals surface area contributed by atoms with E-state index in [1.54, 1.807) is 0 Å². The SMILES string of the molecule is CCCCCCCCCCCCC(CC(=O)[O-])C(=O)[O-].O=S(=O)(O)O.[Na+].[Na+]. The van der Waals surface area contributed by atoms with Crippen LogP contribution in [0.1, 0.15) is 84.0 Å². The second-order valence-corrected chi connectivity index (χ2v) is 6.91. The van der Waals surface area contributed by atoms with Gasteiger partial charge in [0.05, 0.1) is 0 Å². The van der Waals surface area contributed by atoms with Crippen LogP contribution in [0.2, 0.25) is 0 Å². The minimum absolute atomic E-state index is 0. The number of unbranched alkanes of at least 4 members (excludes halogenated alkanes) is 9. The standard InChI is InChI=1S/C16H30O4.2Na.H2O4S/c1-2-3-4-5-6-7-8-9-10-11-12-14(16(19)20)13-15(17)18;;;1-5(2,3)4/h14H,2-13H2,1H3,(H,17,18)(H,19,20);;;(H2,1,2,3,4)/q;2*+1;/p-2. The van der Waals surface area contributed by atoms with Crippen molar-refractivity contribution in [2.75, 3.05) is 0 Å². The molecular formula is C16H30Na2O8S. The van der Waals surface area contributed by atoms with E-state index in [0.29, 0.717) is 6.42 Å². The zero-order valence-corrected chi connectivity index (χ0v) is 21.6. The summed E-state index contributed by atoms with van der Waals surface area (Å²) in [6.07, 6.45) is 11.7. The number of rotatable bonds is 14. The molecule has 150 valence electrons. The molecule has 2 N–H and O–H groups in total. The molecule has 1 unspecified atom stereocenters. The van der Waals surface area contributed by atoms with Gasteiger partial charge >= 0.3 is 69.5 Å². The topological polar surface area (TPSA) is 155 Å². The van der Waals surface area contributed by atoms with Crippen LogP contribution in [-0.4, -0.2) is 29.5 Å². The Balaban J connectivity index is -0.000000333. The Morgan fingerprint density at radius 1 is 0.815 bits per heavy atom. The average molecular weight is 428 g/mol. The summed E-state index contributed by atoms with van der Waals surface area (Å²) >= 11 is 0. The summed E-state index contributed by atoms with van der Waals surface area (Å²) in [7, 11) is -4.67. The molecule has 0 saturated heterocycles. The maximum atomic E-state index is 10.7. The Hall–Kier alpha value is 0.810. The first kappa shape index (κ1) is 35.3. The van der Waals surface area contributed by atoms with Gasteiger partial charge in [-0.05, 0) is 12.8 Å². The summed E-state index contributed by atoms with van der Waals surface area (Å²) in [6.45, 7) is 2.21. The predicted molar refractivity (Wildman–Crippen MR) is 88.8 cm³/mol. The molecule has 0 aliphatic heterocycles. The number of carbonyl (C=O) groups is 2. The minimum atomic E-state index is -4.67. The number of hydrogen-bond acceptors (Lipinski definition) is 6. The smallest absolute Gasteiger partial charge is 0.550 e. The Bertz CT molecular complexity index is 449. The van der Waals surface area contributed by atoms with E-state index in [1.165, 1.54) is 44.9 Å². The van der Waals surface area contributed by atoms with E-state index < -0.39 is 34.7 Å². The summed E-state index contributed by atoms with van der Waals surface area (Å²) in [5, 5.41) is 21.1. The van der Waals surface area contributed by atoms with Gasteiger partial charge in [0.1, 0.15) is 0 Å². The van der Waals surface area contributed by atoms with Crippen LogP contribution in [0.25, 0.3) is 0 Å². The van der Waals surface area contributed by atoms with E-state index in [9.17, 15) is 19.8 Å². The maximum absolute atomic E-state index is 10.7.